The number of aryl methyl sites for hydroxylation is 2. The molecule has 0 aromatic carbocycles. The highest BCUT2D eigenvalue weighted by molar-refractivity contribution is 5.96. The first kappa shape index (κ1) is 17.0. The van der Waals surface area contributed by atoms with Gasteiger partial charge in [-0.15, -0.1) is 0 Å². The molecule has 0 radical (unpaired) electrons. The fourth-order valence-corrected chi connectivity index (χ4v) is 3.69. The van der Waals surface area contributed by atoms with Crippen LogP contribution in [0.25, 0.3) is 0 Å². The van der Waals surface area contributed by atoms with E-state index in [1.807, 2.05) is 4.90 Å². The number of hydrogen-bond donors (Lipinski definition) is 1. The summed E-state index contributed by atoms with van der Waals surface area (Å²) in [5.74, 6) is 1.64. The Morgan fingerprint density at radius 3 is 2.73 bits per heavy atom. The highest BCUT2D eigenvalue weighted by Crippen LogP contribution is 2.37. The Kier molecular flexibility index (Phi) is 4.36. The summed E-state index contributed by atoms with van der Waals surface area (Å²) in [5, 5.41) is 7.12. The molecule has 2 aliphatic rings. The molecule has 8 nitrogen and oxygen atoms in total. The zero-order chi connectivity index (χ0) is 18.1. The van der Waals surface area contributed by atoms with Crippen LogP contribution in [0.4, 0.5) is 5.95 Å². The second-order valence-electron chi connectivity index (χ2n) is 7.21. The summed E-state index contributed by atoms with van der Waals surface area (Å²) >= 11 is 0. The normalized spacial score (nSPS) is 21.5. The maximum atomic E-state index is 12.6. The van der Waals surface area contributed by atoms with Crippen molar-refractivity contribution in [2.75, 3.05) is 31.6 Å². The molecular formula is C18H23N5O3. The number of likely N-dealkylation sites (tertiary alicyclic amines) is 1. The number of hydrogen-bond acceptors (Lipinski definition) is 7. The molecule has 0 aliphatic carbocycles. The van der Waals surface area contributed by atoms with Crippen molar-refractivity contribution in [1.82, 2.24) is 20.0 Å². The van der Waals surface area contributed by atoms with Crippen LogP contribution in [0.1, 0.15) is 34.7 Å². The molecule has 2 aromatic heterocycles. The first-order valence-electron chi connectivity index (χ1n) is 8.93. The smallest absolute Gasteiger partial charge is 0.259 e. The molecule has 2 aliphatic heterocycles. The van der Waals surface area contributed by atoms with Crippen molar-refractivity contribution in [2.45, 2.75) is 32.3 Å². The molecule has 2 fully saturated rings. The number of carbonyl (C=O) groups is 1. The lowest BCUT2D eigenvalue weighted by molar-refractivity contribution is -0.165. The second-order valence-corrected chi connectivity index (χ2v) is 7.21. The van der Waals surface area contributed by atoms with Crippen LogP contribution in [0, 0.1) is 19.8 Å². The van der Waals surface area contributed by atoms with Gasteiger partial charge in [0.15, 0.2) is 0 Å². The van der Waals surface area contributed by atoms with Gasteiger partial charge in [0.25, 0.3) is 5.91 Å². The van der Waals surface area contributed by atoms with Crippen molar-refractivity contribution >= 4 is 11.9 Å². The molecule has 0 saturated carbocycles. The molecule has 26 heavy (non-hydrogen) atoms. The van der Waals surface area contributed by atoms with Gasteiger partial charge in [-0.2, -0.15) is 0 Å². The average molecular weight is 357 g/mol. The van der Waals surface area contributed by atoms with Gasteiger partial charge in [-0.1, -0.05) is 5.16 Å². The largest absolute Gasteiger partial charge is 0.371 e. The van der Waals surface area contributed by atoms with E-state index in [-0.39, 0.29) is 11.5 Å². The first-order chi connectivity index (χ1) is 12.6. The predicted octanol–water partition coefficient (Wildman–Crippen LogP) is 1.81. The summed E-state index contributed by atoms with van der Waals surface area (Å²) in [6.45, 7) is 6.32. The highest BCUT2D eigenvalue weighted by Gasteiger charge is 2.49. The van der Waals surface area contributed by atoms with Gasteiger partial charge in [-0.05, 0) is 38.7 Å². The molecule has 4 rings (SSSR count). The molecule has 4 heterocycles. The molecule has 8 heteroatoms. The van der Waals surface area contributed by atoms with Crippen molar-refractivity contribution < 1.29 is 14.1 Å². The predicted molar refractivity (Wildman–Crippen MR) is 93.8 cm³/mol. The Morgan fingerprint density at radius 1 is 1.35 bits per heavy atom. The number of amides is 1. The molecule has 0 bridgehead atoms. The maximum absolute atomic E-state index is 12.6. The van der Waals surface area contributed by atoms with Gasteiger partial charge in [0.2, 0.25) is 5.95 Å². The molecule has 1 N–H and O–H groups in total. The Bertz CT molecular complexity index is 756. The Balaban J connectivity index is 1.26. The van der Waals surface area contributed by atoms with Crippen LogP contribution in [0.5, 0.6) is 0 Å². The summed E-state index contributed by atoms with van der Waals surface area (Å²) in [5.41, 5.74) is 1.04. The summed E-state index contributed by atoms with van der Waals surface area (Å²) in [7, 11) is 0. The van der Waals surface area contributed by atoms with E-state index in [2.05, 4.69) is 20.4 Å². The van der Waals surface area contributed by atoms with Crippen molar-refractivity contribution in [3.8, 4) is 0 Å². The quantitative estimate of drug-likeness (QED) is 0.892. The Hall–Kier alpha value is -2.48. The molecule has 1 unspecified atom stereocenters. The van der Waals surface area contributed by atoms with E-state index in [0.29, 0.717) is 48.6 Å². The lowest BCUT2D eigenvalue weighted by Crippen LogP contribution is -2.66. The van der Waals surface area contributed by atoms with Crippen LogP contribution in [-0.2, 0) is 4.74 Å². The van der Waals surface area contributed by atoms with Gasteiger partial charge in [0.1, 0.15) is 16.9 Å². The lowest BCUT2D eigenvalue weighted by Gasteiger charge is -2.52. The molecule has 2 saturated heterocycles. The molecular weight excluding hydrogens is 334 g/mol. The van der Waals surface area contributed by atoms with Crippen molar-refractivity contribution in [3.05, 3.63) is 35.5 Å². The Labute approximate surface area is 151 Å². The van der Waals surface area contributed by atoms with Gasteiger partial charge >= 0.3 is 0 Å². The molecule has 1 atom stereocenters. The number of anilines is 1. The van der Waals surface area contributed by atoms with E-state index in [1.54, 1.807) is 32.3 Å². The van der Waals surface area contributed by atoms with E-state index < -0.39 is 0 Å². The van der Waals surface area contributed by atoms with E-state index >= 15 is 0 Å². The minimum absolute atomic E-state index is 0.0134. The van der Waals surface area contributed by atoms with Gasteiger partial charge < -0.3 is 19.5 Å². The minimum Gasteiger partial charge on any atom is -0.371 e. The number of nitrogens with one attached hydrogen (secondary N) is 1. The number of rotatable bonds is 4. The van der Waals surface area contributed by atoms with E-state index in [0.717, 1.165) is 19.4 Å². The highest BCUT2D eigenvalue weighted by atomic mass is 16.5. The molecule has 2 aromatic rings. The zero-order valence-corrected chi connectivity index (χ0v) is 15.1. The third kappa shape index (κ3) is 3.16. The monoisotopic (exact) mass is 357 g/mol. The van der Waals surface area contributed by atoms with E-state index in [4.69, 9.17) is 9.26 Å². The third-order valence-corrected chi connectivity index (χ3v) is 5.24. The van der Waals surface area contributed by atoms with Crippen molar-refractivity contribution in [3.63, 3.8) is 0 Å². The van der Waals surface area contributed by atoms with Crippen LogP contribution in [0.15, 0.2) is 23.0 Å². The van der Waals surface area contributed by atoms with E-state index in [9.17, 15) is 4.79 Å². The first-order valence-corrected chi connectivity index (χ1v) is 8.93. The molecule has 138 valence electrons. The Morgan fingerprint density at radius 2 is 2.12 bits per heavy atom. The van der Waals surface area contributed by atoms with Crippen LogP contribution in [-0.4, -0.2) is 57.8 Å². The van der Waals surface area contributed by atoms with Crippen molar-refractivity contribution in [2.24, 2.45) is 5.92 Å². The van der Waals surface area contributed by atoms with Crippen LogP contribution >= 0.6 is 0 Å². The topological polar surface area (TPSA) is 93.4 Å². The second kappa shape index (κ2) is 6.68. The maximum Gasteiger partial charge on any atom is 0.259 e. The van der Waals surface area contributed by atoms with Gasteiger partial charge in [-0.25, -0.2) is 9.97 Å². The summed E-state index contributed by atoms with van der Waals surface area (Å²) < 4.78 is 11.3. The summed E-state index contributed by atoms with van der Waals surface area (Å²) in [6, 6.07) is 1.80. The molecule has 1 amide bonds. The van der Waals surface area contributed by atoms with Gasteiger partial charge in [-0.3, -0.25) is 4.79 Å². The summed E-state index contributed by atoms with van der Waals surface area (Å²) in [6.07, 6.45) is 5.47. The minimum atomic E-state index is -0.186. The SMILES string of the molecule is Cc1noc(C)c1C(=O)N1CC2(CCC(CNc3ncccn3)CO2)C1. The van der Waals surface area contributed by atoms with Crippen molar-refractivity contribution in [1.29, 1.82) is 0 Å². The zero-order valence-electron chi connectivity index (χ0n) is 15.1. The van der Waals surface area contributed by atoms with Crippen LogP contribution in [0.2, 0.25) is 0 Å². The number of aromatic nitrogens is 3. The standard InChI is InChI=1S/C18H23N5O3/c1-12-15(13(2)26-22-12)16(24)23-10-18(11-23)5-4-14(9-25-18)8-21-17-19-6-3-7-20-17/h3,6-7,14H,4-5,8-11H2,1-2H3,(H,19,20,21). The van der Waals surface area contributed by atoms with Gasteiger partial charge in [0.05, 0.1) is 25.4 Å². The number of nitrogens with zero attached hydrogens (tertiary/aromatic N) is 4. The number of carbonyl (C=O) groups excluding carboxylic acids is 1. The molecule has 1 spiro atoms. The fourth-order valence-electron chi connectivity index (χ4n) is 3.69. The third-order valence-electron chi connectivity index (χ3n) is 5.24. The lowest BCUT2D eigenvalue weighted by atomic mass is 9.82. The fraction of sp³-hybridized carbons (Fsp3) is 0.556. The van der Waals surface area contributed by atoms with Crippen LogP contribution < -0.4 is 5.32 Å². The summed E-state index contributed by atoms with van der Waals surface area (Å²) in [4.78, 5) is 22.8. The number of ether oxygens (including phenoxy) is 1. The van der Waals surface area contributed by atoms with E-state index in [1.165, 1.54) is 0 Å². The average Bonchev–Trinajstić information content (AvgIpc) is 2.97. The van der Waals surface area contributed by atoms with Crippen LogP contribution in [0.3, 0.4) is 0 Å². The van der Waals surface area contributed by atoms with Gasteiger partial charge in [0, 0.05) is 18.9 Å².